The molecule has 0 aromatic heterocycles. The van der Waals surface area contributed by atoms with Gasteiger partial charge >= 0.3 is 0 Å². The smallest absolute Gasteiger partial charge is 0.235 e. The van der Waals surface area contributed by atoms with Gasteiger partial charge in [0.05, 0.1) is 5.41 Å². The molecule has 0 radical (unpaired) electrons. The molecule has 1 amide bonds. The van der Waals surface area contributed by atoms with Crippen molar-refractivity contribution in [2.45, 2.75) is 31.6 Å². The maximum absolute atomic E-state index is 13.1. The number of phenolic OH excluding ortho intramolecular Hbond substituents is 2. The Morgan fingerprint density at radius 3 is 2.48 bits per heavy atom. The molecule has 1 saturated carbocycles. The zero-order valence-corrected chi connectivity index (χ0v) is 16.8. The lowest BCUT2D eigenvalue weighted by Crippen LogP contribution is -2.27. The quantitative estimate of drug-likeness (QED) is 0.478. The third-order valence-corrected chi connectivity index (χ3v) is 5.83. The lowest BCUT2D eigenvalue weighted by atomic mass is 9.93. The monoisotopic (exact) mass is 407 g/mol. The summed E-state index contributed by atoms with van der Waals surface area (Å²) in [6, 6.07) is 18.2. The van der Waals surface area contributed by atoms with Crippen molar-refractivity contribution in [3.63, 3.8) is 0 Å². The molecule has 3 N–H and O–H groups in total. The van der Waals surface area contributed by atoms with Crippen molar-refractivity contribution in [1.82, 2.24) is 0 Å². The van der Waals surface area contributed by atoms with Gasteiger partial charge in [0.1, 0.15) is 0 Å². The van der Waals surface area contributed by atoms with Gasteiger partial charge in [-0.15, -0.1) is 0 Å². The van der Waals surface area contributed by atoms with Gasteiger partial charge in [0.25, 0.3) is 0 Å². The predicted molar refractivity (Wildman–Crippen MR) is 116 cm³/mol. The van der Waals surface area contributed by atoms with Crippen LogP contribution in [-0.2, 0) is 16.6 Å². The van der Waals surface area contributed by atoms with E-state index in [9.17, 15) is 15.0 Å². The summed E-state index contributed by atoms with van der Waals surface area (Å²) in [4.78, 5) is 13.1. The SMILES string of the molecule is CCc1ccc(NC(=O)C2(c3ccc(O)c(O)c3)CC2)cc1-c1cccc(Cl)c1. The highest BCUT2D eigenvalue weighted by Crippen LogP contribution is 2.50. The fraction of sp³-hybridized carbons (Fsp3) is 0.208. The van der Waals surface area contributed by atoms with Gasteiger partial charge in [-0.25, -0.2) is 0 Å². The highest BCUT2D eigenvalue weighted by Gasteiger charge is 2.51. The number of carbonyl (C=O) groups is 1. The second-order valence-electron chi connectivity index (χ2n) is 7.48. The van der Waals surface area contributed by atoms with Crippen LogP contribution in [0.2, 0.25) is 5.02 Å². The number of halogens is 1. The Morgan fingerprint density at radius 2 is 1.83 bits per heavy atom. The normalized spacial score (nSPS) is 14.4. The molecule has 0 atom stereocenters. The molecule has 0 heterocycles. The van der Waals surface area contributed by atoms with Crippen molar-refractivity contribution in [2.75, 3.05) is 5.32 Å². The van der Waals surface area contributed by atoms with E-state index in [1.165, 1.54) is 17.7 Å². The molecule has 0 aliphatic heterocycles. The van der Waals surface area contributed by atoms with E-state index in [2.05, 4.69) is 12.2 Å². The van der Waals surface area contributed by atoms with Crippen LogP contribution in [0.15, 0.2) is 60.7 Å². The van der Waals surface area contributed by atoms with Crippen molar-refractivity contribution in [3.05, 3.63) is 76.8 Å². The molecule has 1 aliphatic rings. The Morgan fingerprint density at radius 1 is 1.03 bits per heavy atom. The second-order valence-corrected chi connectivity index (χ2v) is 7.91. The first-order valence-corrected chi connectivity index (χ1v) is 10.0. The summed E-state index contributed by atoms with van der Waals surface area (Å²) in [5, 5.41) is 23.1. The molecule has 148 valence electrons. The molecular weight excluding hydrogens is 386 g/mol. The minimum absolute atomic E-state index is 0.108. The molecule has 0 spiro atoms. The molecule has 4 nitrogen and oxygen atoms in total. The number of anilines is 1. The van der Waals surface area contributed by atoms with Gasteiger partial charge < -0.3 is 15.5 Å². The number of phenols is 2. The Labute approximate surface area is 174 Å². The van der Waals surface area contributed by atoms with Crippen molar-refractivity contribution >= 4 is 23.2 Å². The number of aromatic hydroxyl groups is 2. The number of hydrogen-bond donors (Lipinski definition) is 3. The van der Waals surface area contributed by atoms with E-state index < -0.39 is 5.41 Å². The summed E-state index contributed by atoms with van der Waals surface area (Å²) in [5.74, 6) is -0.507. The van der Waals surface area contributed by atoms with Gasteiger partial charge in [0, 0.05) is 10.7 Å². The first-order valence-electron chi connectivity index (χ1n) is 9.66. The maximum Gasteiger partial charge on any atom is 0.235 e. The molecular formula is C24H22ClNO3. The number of aryl methyl sites for hydroxylation is 1. The summed E-state index contributed by atoms with van der Waals surface area (Å²) in [6.07, 6.45) is 2.28. The fourth-order valence-electron chi connectivity index (χ4n) is 3.73. The minimum atomic E-state index is -0.662. The topological polar surface area (TPSA) is 69.6 Å². The van der Waals surface area contributed by atoms with Gasteiger partial charge in [-0.2, -0.15) is 0 Å². The Balaban J connectivity index is 1.63. The third kappa shape index (κ3) is 3.68. The number of amides is 1. The Bertz CT molecular complexity index is 1090. The van der Waals surface area contributed by atoms with Crippen molar-refractivity contribution in [2.24, 2.45) is 0 Å². The van der Waals surface area contributed by atoms with Crippen LogP contribution in [0.25, 0.3) is 11.1 Å². The molecule has 3 aromatic rings. The summed E-state index contributed by atoms with van der Waals surface area (Å²) >= 11 is 6.17. The van der Waals surface area contributed by atoms with Crippen LogP contribution < -0.4 is 5.32 Å². The first kappa shape index (κ1) is 19.3. The van der Waals surface area contributed by atoms with Crippen LogP contribution in [0.1, 0.15) is 30.9 Å². The average Bonchev–Trinajstić information content (AvgIpc) is 3.52. The molecule has 5 heteroatoms. The van der Waals surface area contributed by atoms with Gasteiger partial charge in [0.2, 0.25) is 5.91 Å². The number of rotatable bonds is 5. The van der Waals surface area contributed by atoms with Gasteiger partial charge in [-0.1, -0.05) is 42.8 Å². The fourth-order valence-corrected chi connectivity index (χ4v) is 3.92. The number of hydrogen-bond acceptors (Lipinski definition) is 3. The van der Waals surface area contributed by atoms with E-state index in [4.69, 9.17) is 11.6 Å². The highest BCUT2D eigenvalue weighted by molar-refractivity contribution is 6.30. The van der Waals surface area contributed by atoms with Crippen molar-refractivity contribution in [1.29, 1.82) is 0 Å². The molecule has 4 rings (SSSR count). The molecule has 1 fully saturated rings. The van der Waals surface area contributed by atoms with Gasteiger partial charge in [0.15, 0.2) is 11.5 Å². The number of carbonyl (C=O) groups excluding carboxylic acids is 1. The maximum atomic E-state index is 13.1. The van der Waals surface area contributed by atoms with E-state index in [-0.39, 0.29) is 17.4 Å². The summed E-state index contributed by atoms with van der Waals surface area (Å²) < 4.78 is 0. The first-order chi connectivity index (χ1) is 13.9. The largest absolute Gasteiger partial charge is 0.504 e. The van der Waals surface area contributed by atoms with E-state index in [0.717, 1.165) is 23.2 Å². The summed E-state index contributed by atoms with van der Waals surface area (Å²) in [5.41, 5.74) is 4.00. The molecule has 0 bridgehead atoms. The zero-order valence-electron chi connectivity index (χ0n) is 16.1. The molecule has 3 aromatic carbocycles. The van der Waals surface area contributed by atoms with Crippen LogP contribution in [0, 0.1) is 0 Å². The minimum Gasteiger partial charge on any atom is -0.504 e. The third-order valence-electron chi connectivity index (χ3n) is 5.60. The van der Waals surface area contributed by atoms with E-state index >= 15 is 0 Å². The molecule has 1 aliphatic carbocycles. The van der Waals surface area contributed by atoms with Crippen molar-refractivity contribution in [3.8, 4) is 22.6 Å². The number of nitrogens with one attached hydrogen (secondary N) is 1. The van der Waals surface area contributed by atoms with Crippen LogP contribution >= 0.6 is 11.6 Å². The molecule has 0 unspecified atom stereocenters. The molecule has 0 saturated heterocycles. The van der Waals surface area contributed by atoms with Gasteiger partial charge in [-0.3, -0.25) is 4.79 Å². The average molecular weight is 408 g/mol. The second kappa shape index (κ2) is 7.45. The van der Waals surface area contributed by atoms with E-state index in [1.54, 1.807) is 6.07 Å². The Hall–Kier alpha value is -2.98. The van der Waals surface area contributed by atoms with E-state index in [1.807, 2.05) is 42.5 Å². The van der Waals surface area contributed by atoms with Crippen LogP contribution in [0.3, 0.4) is 0 Å². The predicted octanol–water partition coefficient (Wildman–Crippen LogP) is 5.65. The van der Waals surface area contributed by atoms with E-state index in [0.29, 0.717) is 23.4 Å². The van der Waals surface area contributed by atoms with Crippen LogP contribution in [-0.4, -0.2) is 16.1 Å². The lowest BCUT2D eigenvalue weighted by molar-refractivity contribution is -0.118. The molecule has 29 heavy (non-hydrogen) atoms. The van der Waals surface area contributed by atoms with Crippen molar-refractivity contribution < 1.29 is 15.0 Å². The Kier molecular flexibility index (Phi) is 4.97. The van der Waals surface area contributed by atoms with Gasteiger partial charge in [-0.05, 0) is 77.9 Å². The number of benzene rings is 3. The van der Waals surface area contributed by atoms with Crippen LogP contribution in [0.5, 0.6) is 11.5 Å². The lowest BCUT2D eigenvalue weighted by Gasteiger charge is -2.18. The zero-order chi connectivity index (χ0) is 20.6. The highest BCUT2D eigenvalue weighted by atomic mass is 35.5. The van der Waals surface area contributed by atoms with Crippen LogP contribution in [0.4, 0.5) is 5.69 Å². The summed E-state index contributed by atoms with van der Waals surface area (Å²) in [6.45, 7) is 2.10. The standard InChI is InChI=1S/C24H22ClNO3/c1-2-15-6-8-19(14-20(15)16-4-3-5-18(25)12-16)26-23(29)24(10-11-24)17-7-9-21(27)22(28)13-17/h3-9,12-14,27-28H,2,10-11H2,1H3,(H,26,29). The summed E-state index contributed by atoms with van der Waals surface area (Å²) in [7, 11) is 0.